The summed E-state index contributed by atoms with van der Waals surface area (Å²) >= 11 is 3.17. The highest BCUT2D eigenvalue weighted by Crippen LogP contribution is 2.31. The van der Waals surface area contributed by atoms with Gasteiger partial charge in [-0.3, -0.25) is 0 Å². The van der Waals surface area contributed by atoms with Crippen molar-refractivity contribution in [2.24, 2.45) is 0 Å². The molecule has 0 aliphatic rings. The summed E-state index contributed by atoms with van der Waals surface area (Å²) in [5.41, 5.74) is 0.966. The Bertz CT molecular complexity index is 718. The maximum atomic E-state index is 5.74. The van der Waals surface area contributed by atoms with E-state index in [2.05, 4.69) is 29.0 Å². The van der Waals surface area contributed by atoms with E-state index in [4.69, 9.17) is 4.74 Å². The Morgan fingerprint density at radius 1 is 1.16 bits per heavy atom. The predicted molar refractivity (Wildman–Crippen MR) is 78.4 cm³/mol. The van der Waals surface area contributed by atoms with Gasteiger partial charge in [-0.05, 0) is 19.1 Å². The minimum atomic E-state index is 0.374. The van der Waals surface area contributed by atoms with Crippen molar-refractivity contribution in [2.75, 3.05) is 0 Å². The lowest BCUT2D eigenvalue weighted by Crippen LogP contribution is -1.84. The van der Waals surface area contributed by atoms with Crippen LogP contribution in [0.3, 0.4) is 0 Å². The van der Waals surface area contributed by atoms with Crippen LogP contribution < -0.4 is 4.74 Å². The Labute approximate surface area is 119 Å². The molecule has 3 rings (SSSR count). The zero-order chi connectivity index (χ0) is 13.4. The third-order valence-corrected chi connectivity index (χ3v) is 4.64. The van der Waals surface area contributed by atoms with Crippen molar-refractivity contribution < 1.29 is 4.74 Å². The first kappa shape index (κ1) is 12.5. The molecule has 98 valence electrons. The monoisotopic (exact) mass is 291 g/mol. The molecule has 0 spiro atoms. The molecule has 1 aromatic carbocycles. The van der Waals surface area contributed by atoms with E-state index in [0.29, 0.717) is 11.1 Å². The summed E-state index contributed by atoms with van der Waals surface area (Å²) < 4.78 is 6.91. The molecule has 0 atom stereocenters. The van der Waals surface area contributed by atoms with Crippen LogP contribution in [0.4, 0.5) is 0 Å². The Balaban J connectivity index is 1.87. The van der Waals surface area contributed by atoms with Crippen LogP contribution in [0.1, 0.15) is 29.8 Å². The first-order valence-corrected chi connectivity index (χ1v) is 7.63. The fourth-order valence-corrected chi connectivity index (χ4v) is 3.20. The number of hydrogen-bond acceptors (Lipinski definition) is 6. The molecule has 0 aliphatic carbocycles. The van der Waals surface area contributed by atoms with Gasteiger partial charge < -0.3 is 4.74 Å². The van der Waals surface area contributed by atoms with Gasteiger partial charge in [0.1, 0.15) is 10.8 Å². The number of aromatic nitrogens is 3. The zero-order valence-electron chi connectivity index (χ0n) is 10.9. The molecule has 0 aliphatic heterocycles. The number of nitrogens with zero attached hydrogens (tertiary/aromatic N) is 3. The van der Waals surface area contributed by atoms with E-state index in [1.807, 2.05) is 25.1 Å². The molecule has 0 amide bonds. The predicted octanol–water partition coefficient (Wildman–Crippen LogP) is 4.37. The van der Waals surface area contributed by atoms with E-state index in [0.717, 1.165) is 21.3 Å². The van der Waals surface area contributed by atoms with Crippen molar-refractivity contribution in [2.45, 2.75) is 26.7 Å². The van der Waals surface area contributed by atoms with E-state index < -0.39 is 0 Å². The van der Waals surface area contributed by atoms with Crippen LogP contribution in [0.2, 0.25) is 0 Å². The Hall–Kier alpha value is -1.53. The Kier molecular flexibility index (Phi) is 3.20. The molecule has 0 unspecified atom stereocenters. The van der Waals surface area contributed by atoms with Gasteiger partial charge in [-0.1, -0.05) is 30.3 Å². The maximum Gasteiger partial charge on any atom is 0.299 e. The van der Waals surface area contributed by atoms with Crippen LogP contribution >= 0.6 is 22.7 Å². The number of rotatable bonds is 3. The Morgan fingerprint density at radius 2 is 2.00 bits per heavy atom. The first-order chi connectivity index (χ1) is 9.11. The fraction of sp³-hybridized carbons (Fsp3) is 0.308. The van der Waals surface area contributed by atoms with Crippen LogP contribution in [0, 0.1) is 6.92 Å². The van der Waals surface area contributed by atoms with Gasteiger partial charge in [0.25, 0.3) is 5.19 Å². The van der Waals surface area contributed by atoms with Crippen LogP contribution in [0.5, 0.6) is 10.9 Å². The summed E-state index contributed by atoms with van der Waals surface area (Å²) in [4.78, 5) is 4.45. The summed E-state index contributed by atoms with van der Waals surface area (Å²) in [5.74, 6) is 1.13. The smallest absolute Gasteiger partial charge is 0.299 e. The average molecular weight is 291 g/mol. The standard InChI is InChI=1S/C13H13N3OS2/c1-7(2)12-15-16-13(19-12)17-9-4-5-11-10(6-9)14-8(3)18-11/h4-7H,1-3H3. The minimum Gasteiger partial charge on any atom is -0.430 e. The zero-order valence-corrected chi connectivity index (χ0v) is 12.5. The molecule has 4 nitrogen and oxygen atoms in total. The largest absolute Gasteiger partial charge is 0.430 e. The molecule has 0 saturated carbocycles. The van der Waals surface area contributed by atoms with Gasteiger partial charge in [-0.15, -0.1) is 16.4 Å². The molecule has 3 aromatic rings. The fourth-order valence-electron chi connectivity index (χ4n) is 1.68. The molecule has 2 aromatic heterocycles. The van der Waals surface area contributed by atoms with Crippen LogP contribution in [-0.2, 0) is 0 Å². The lowest BCUT2D eigenvalue weighted by molar-refractivity contribution is 0.473. The van der Waals surface area contributed by atoms with Gasteiger partial charge in [0.2, 0.25) is 0 Å². The van der Waals surface area contributed by atoms with Crippen molar-refractivity contribution in [3.63, 3.8) is 0 Å². The highest BCUT2D eigenvalue weighted by atomic mass is 32.1. The van der Waals surface area contributed by atoms with Crippen LogP contribution in [0.15, 0.2) is 18.2 Å². The normalized spacial score (nSPS) is 11.4. The molecule has 0 bridgehead atoms. The topological polar surface area (TPSA) is 47.9 Å². The van der Waals surface area contributed by atoms with Gasteiger partial charge in [0.05, 0.1) is 15.2 Å². The molecule has 0 saturated heterocycles. The third-order valence-electron chi connectivity index (χ3n) is 2.59. The number of ether oxygens (including phenoxy) is 1. The molecule has 0 radical (unpaired) electrons. The van der Waals surface area contributed by atoms with Crippen molar-refractivity contribution >= 4 is 32.9 Å². The first-order valence-electron chi connectivity index (χ1n) is 6.00. The van der Waals surface area contributed by atoms with Gasteiger partial charge in [0, 0.05) is 12.0 Å². The van der Waals surface area contributed by atoms with E-state index in [-0.39, 0.29) is 0 Å². The molecule has 6 heteroatoms. The summed E-state index contributed by atoms with van der Waals surface area (Å²) in [6.07, 6.45) is 0. The summed E-state index contributed by atoms with van der Waals surface area (Å²) in [7, 11) is 0. The minimum absolute atomic E-state index is 0.374. The number of aryl methyl sites for hydroxylation is 1. The Morgan fingerprint density at radius 3 is 2.74 bits per heavy atom. The van der Waals surface area contributed by atoms with E-state index in [9.17, 15) is 0 Å². The third kappa shape index (κ3) is 2.59. The van der Waals surface area contributed by atoms with Gasteiger partial charge in [-0.2, -0.15) is 0 Å². The lowest BCUT2D eigenvalue weighted by Gasteiger charge is -2.00. The van der Waals surface area contributed by atoms with Crippen molar-refractivity contribution in [3.8, 4) is 10.9 Å². The van der Waals surface area contributed by atoms with Crippen molar-refractivity contribution in [3.05, 3.63) is 28.2 Å². The SMILES string of the molecule is Cc1nc2cc(Oc3nnc(C(C)C)s3)ccc2s1. The van der Waals surface area contributed by atoms with Gasteiger partial charge >= 0.3 is 0 Å². The van der Waals surface area contributed by atoms with Gasteiger partial charge in [-0.25, -0.2) is 4.98 Å². The second-order valence-electron chi connectivity index (χ2n) is 4.53. The number of benzene rings is 1. The van der Waals surface area contributed by atoms with E-state index in [1.165, 1.54) is 16.0 Å². The number of hydrogen-bond donors (Lipinski definition) is 0. The molecular formula is C13H13N3OS2. The van der Waals surface area contributed by atoms with Crippen molar-refractivity contribution in [1.29, 1.82) is 0 Å². The second-order valence-corrected chi connectivity index (χ2v) is 6.73. The highest BCUT2D eigenvalue weighted by Gasteiger charge is 2.10. The van der Waals surface area contributed by atoms with Crippen LogP contribution in [0.25, 0.3) is 10.2 Å². The summed E-state index contributed by atoms with van der Waals surface area (Å²) in [6, 6.07) is 5.91. The molecular weight excluding hydrogens is 278 g/mol. The highest BCUT2D eigenvalue weighted by molar-refractivity contribution is 7.18. The number of thiazole rings is 1. The van der Waals surface area contributed by atoms with E-state index >= 15 is 0 Å². The average Bonchev–Trinajstić information content (AvgIpc) is 2.94. The quantitative estimate of drug-likeness (QED) is 0.719. The summed E-state index contributed by atoms with van der Waals surface area (Å²) in [6.45, 7) is 6.19. The summed E-state index contributed by atoms with van der Waals surface area (Å²) in [5, 5.41) is 10.8. The van der Waals surface area contributed by atoms with Gasteiger partial charge in [0.15, 0.2) is 0 Å². The number of fused-ring (bicyclic) bond motifs is 1. The van der Waals surface area contributed by atoms with Crippen LogP contribution in [-0.4, -0.2) is 15.2 Å². The maximum absolute atomic E-state index is 5.74. The van der Waals surface area contributed by atoms with E-state index in [1.54, 1.807) is 11.3 Å². The van der Waals surface area contributed by atoms with Crippen molar-refractivity contribution in [1.82, 2.24) is 15.2 Å². The molecule has 19 heavy (non-hydrogen) atoms. The second kappa shape index (κ2) is 4.86. The lowest BCUT2D eigenvalue weighted by atomic mass is 10.2. The molecule has 0 N–H and O–H groups in total. The molecule has 2 heterocycles. The molecule has 0 fully saturated rings.